The van der Waals surface area contributed by atoms with Crippen LogP contribution in [-0.4, -0.2) is 44.9 Å². The summed E-state index contributed by atoms with van der Waals surface area (Å²) in [5.41, 5.74) is 0. The van der Waals surface area contributed by atoms with E-state index in [4.69, 9.17) is 24.2 Å². The maximum Gasteiger partial charge on any atom is 0.163 e. The Morgan fingerprint density at radius 1 is 1.31 bits per heavy atom. The van der Waals surface area contributed by atoms with Gasteiger partial charge < -0.3 is 18.9 Å². The minimum absolute atomic E-state index is 0.00843. The third kappa shape index (κ3) is 5.42. The van der Waals surface area contributed by atoms with Gasteiger partial charge in [-0.15, -0.1) is 0 Å². The molecule has 92 valence electrons. The van der Waals surface area contributed by atoms with Crippen molar-refractivity contribution < 1.29 is 18.9 Å². The molecule has 0 aromatic carbocycles. The predicted octanol–water partition coefficient (Wildman–Crippen LogP) is 1.08. The lowest BCUT2D eigenvalue weighted by Gasteiger charge is -2.17. The zero-order chi connectivity index (χ0) is 11.9. The van der Waals surface area contributed by atoms with Crippen LogP contribution in [0.25, 0.3) is 0 Å². The number of hydrogen-bond donors (Lipinski definition) is 0. The van der Waals surface area contributed by atoms with Crippen molar-refractivity contribution in [3.05, 3.63) is 0 Å². The van der Waals surface area contributed by atoms with Gasteiger partial charge in [0, 0.05) is 0 Å². The summed E-state index contributed by atoms with van der Waals surface area (Å²) in [5, 5.41) is 8.27. The first-order valence-corrected chi connectivity index (χ1v) is 5.48. The number of rotatable bonds is 7. The maximum absolute atomic E-state index is 8.27. The molecule has 0 bridgehead atoms. The van der Waals surface area contributed by atoms with Gasteiger partial charge in [0.05, 0.1) is 45.5 Å². The Morgan fingerprint density at radius 2 is 2.06 bits per heavy atom. The SMILES string of the molecule is CC1(C)OCC(COCCOCCC#N)O1. The second-order valence-corrected chi connectivity index (χ2v) is 4.05. The summed E-state index contributed by atoms with van der Waals surface area (Å²) in [4.78, 5) is 0. The van der Waals surface area contributed by atoms with Crippen molar-refractivity contribution in [2.24, 2.45) is 0 Å². The van der Waals surface area contributed by atoms with Crippen LogP contribution in [0.4, 0.5) is 0 Å². The third-order valence-corrected chi connectivity index (χ3v) is 2.10. The van der Waals surface area contributed by atoms with Crippen LogP contribution in [0, 0.1) is 11.3 Å². The Balaban J connectivity index is 1.91. The molecular weight excluding hydrogens is 210 g/mol. The highest BCUT2D eigenvalue weighted by Crippen LogP contribution is 2.22. The smallest absolute Gasteiger partial charge is 0.163 e. The van der Waals surface area contributed by atoms with Crippen LogP contribution in [0.2, 0.25) is 0 Å². The van der Waals surface area contributed by atoms with Gasteiger partial charge in [-0.2, -0.15) is 5.26 Å². The highest BCUT2D eigenvalue weighted by Gasteiger charge is 2.32. The Bertz CT molecular complexity index is 237. The van der Waals surface area contributed by atoms with Crippen LogP contribution in [0.15, 0.2) is 0 Å². The van der Waals surface area contributed by atoms with Crippen molar-refractivity contribution in [3.8, 4) is 6.07 Å². The molecule has 5 nitrogen and oxygen atoms in total. The fourth-order valence-electron chi connectivity index (χ4n) is 1.40. The van der Waals surface area contributed by atoms with Gasteiger partial charge in [-0.1, -0.05) is 0 Å². The molecule has 0 spiro atoms. The summed E-state index contributed by atoms with van der Waals surface area (Å²) in [5.74, 6) is -0.489. The zero-order valence-electron chi connectivity index (χ0n) is 9.90. The van der Waals surface area contributed by atoms with Gasteiger partial charge in [0.2, 0.25) is 0 Å². The van der Waals surface area contributed by atoms with Gasteiger partial charge in [0.25, 0.3) is 0 Å². The van der Waals surface area contributed by atoms with E-state index in [0.29, 0.717) is 39.5 Å². The lowest BCUT2D eigenvalue weighted by atomic mass is 10.4. The van der Waals surface area contributed by atoms with E-state index in [1.807, 2.05) is 19.9 Å². The number of ether oxygens (including phenoxy) is 4. The molecule has 0 amide bonds. The fraction of sp³-hybridized carbons (Fsp3) is 0.909. The van der Waals surface area contributed by atoms with Crippen LogP contribution in [0.3, 0.4) is 0 Å². The van der Waals surface area contributed by atoms with Gasteiger partial charge in [-0.05, 0) is 13.8 Å². The molecule has 0 N–H and O–H groups in total. The summed E-state index contributed by atoms with van der Waals surface area (Å²) >= 11 is 0. The lowest BCUT2D eigenvalue weighted by molar-refractivity contribution is -0.145. The summed E-state index contributed by atoms with van der Waals surface area (Å²) in [6, 6.07) is 2.01. The third-order valence-electron chi connectivity index (χ3n) is 2.10. The average molecular weight is 229 g/mol. The molecule has 1 unspecified atom stereocenters. The van der Waals surface area contributed by atoms with E-state index in [1.165, 1.54) is 0 Å². The quantitative estimate of drug-likeness (QED) is 0.611. The molecule has 1 aliphatic rings. The molecule has 5 heteroatoms. The molecule has 16 heavy (non-hydrogen) atoms. The monoisotopic (exact) mass is 229 g/mol. The van der Waals surface area contributed by atoms with E-state index >= 15 is 0 Å². The second kappa shape index (κ2) is 6.81. The van der Waals surface area contributed by atoms with Crippen molar-refractivity contribution in [2.45, 2.75) is 32.2 Å². The van der Waals surface area contributed by atoms with Crippen LogP contribution in [0.1, 0.15) is 20.3 Å². The topological polar surface area (TPSA) is 60.7 Å². The fourth-order valence-corrected chi connectivity index (χ4v) is 1.40. The van der Waals surface area contributed by atoms with Gasteiger partial charge in [0.1, 0.15) is 6.10 Å². The van der Waals surface area contributed by atoms with Crippen molar-refractivity contribution in [1.82, 2.24) is 0 Å². The summed E-state index contributed by atoms with van der Waals surface area (Å²) < 4.78 is 21.5. The highest BCUT2D eigenvalue weighted by molar-refractivity contribution is 4.70. The molecule has 1 aliphatic heterocycles. The molecule has 1 atom stereocenters. The van der Waals surface area contributed by atoms with Crippen molar-refractivity contribution in [3.63, 3.8) is 0 Å². The summed E-state index contributed by atoms with van der Waals surface area (Å²) in [6.07, 6.45) is 0.433. The summed E-state index contributed by atoms with van der Waals surface area (Å²) in [7, 11) is 0. The average Bonchev–Trinajstić information content (AvgIpc) is 2.57. The largest absolute Gasteiger partial charge is 0.378 e. The standard InChI is InChI=1S/C11H19NO4/c1-11(2)15-9-10(16-11)8-14-7-6-13-5-3-4-12/h10H,3,5-9H2,1-2H3. The zero-order valence-corrected chi connectivity index (χ0v) is 9.90. The molecule has 0 radical (unpaired) electrons. The number of nitriles is 1. The van der Waals surface area contributed by atoms with Crippen LogP contribution in [0.5, 0.6) is 0 Å². The first-order valence-electron chi connectivity index (χ1n) is 5.48. The Kier molecular flexibility index (Phi) is 5.71. The van der Waals surface area contributed by atoms with E-state index in [-0.39, 0.29) is 6.10 Å². The highest BCUT2D eigenvalue weighted by atomic mass is 16.7. The molecule has 0 saturated carbocycles. The Morgan fingerprint density at radius 3 is 2.69 bits per heavy atom. The van der Waals surface area contributed by atoms with Crippen molar-refractivity contribution in [1.29, 1.82) is 5.26 Å². The van der Waals surface area contributed by atoms with Crippen LogP contribution in [-0.2, 0) is 18.9 Å². The van der Waals surface area contributed by atoms with Gasteiger partial charge in [0.15, 0.2) is 5.79 Å². The van der Waals surface area contributed by atoms with Gasteiger partial charge >= 0.3 is 0 Å². The molecule has 1 fully saturated rings. The molecule has 0 aromatic heterocycles. The van der Waals surface area contributed by atoms with E-state index < -0.39 is 5.79 Å². The Labute approximate surface area is 96.2 Å². The first kappa shape index (κ1) is 13.4. The molecule has 1 heterocycles. The summed E-state index contributed by atoms with van der Waals surface area (Å²) in [6.45, 7) is 6.36. The number of hydrogen-bond acceptors (Lipinski definition) is 5. The van der Waals surface area contributed by atoms with Gasteiger partial charge in [-0.25, -0.2) is 0 Å². The second-order valence-electron chi connectivity index (χ2n) is 4.05. The van der Waals surface area contributed by atoms with E-state index in [9.17, 15) is 0 Å². The predicted molar refractivity (Wildman–Crippen MR) is 56.8 cm³/mol. The van der Waals surface area contributed by atoms with Gasteiger partial charge in [-0.3, -0.25) is 0 Å². The first-order chi connectivity index (χ1) is 7.64. The Hall–Kier alpha value is -0.670. The normalized spacial score (nSPS) is 23.2. The van der Waals surface area contributed by atoms with E-state index in [2.05, 4.69) is 0 Å². The lowest BCUT2D eigenvalue weighted by Crippen LogP contribution is -2.24. The van der Waals surface area contributed by atoms with Crippen molar-refractivity contribution >= 4 is 0 Å². The molecular formula is C11H19NO4. The molecule has 1 rings (SSSR count). The van der Waals surface area contributed by atoms with Crippen LogP contribution < -0.4 is 0 Å². The minimum Gasteiger partial charge on any atom is -0.378 e. The molecule has 1 saturated heterocycles. The molecule has 0 aromatic rings. The minimum atomic E-state index is -0.489. The molecule has 0 aliphatic carbocycles. The van der Waals surface area contributed by atoms with Crippen molar-refractivity contribution in [2.75, 3.05) is 33.0 Å². The van der Waals surface area contributed by atoms with Crippen LogP contribution >= 0.6 is 0 Å². The van der Waals surface area contributed by atoms with E-state index in [1.54, 1.807) is 0 Å². The maximum atomic E-state index is 8.27. The number of nitrogens with zero attached hydrogens (tertiary/aromatic N) is 1. The van der Waals surface area contributed by atoms with E-state index in [0.717, 1.165) is 0 Å².